The smallest absolute Gasteiger partial charge is 0.320 e. The van der Waals surface area contributed by atoms with Gasteiger partial charge in [-0.1, -0.05) is 42.5 Å². The molecule has 2 rings (SSSR count). The fourth-order valence-electron chi connectivity index (χ4n) is 1.50. The molecule has 0 aromatic heterocycles. The normalized spacial score (nSPS) is 10.9. The van der Waals surface area contributed by atoms with Gasteiger partial charge in [-0.3, -0.25) is 9.59 Å². The summed E-state index contributed by atoms with van der Waals surface area (Å²) < 4.78 is 0. The number of hydrogen-bond acceptors (Lipinski definition) is 4. The van der Waals surface area contributed by atoms with Gasteiger partial charge in [-0.15, -0.1) is 0 Å². The maximum absolute atomic E-state index is 10.4. The summed E-state index contributed by atoms with van der Waals surface area (Å²) in [5.74, 6) is -0.860. The molecule has 0 amide bonds. The fraction of sp³-hybridized carbons (Fsp3) is 0.125. The van der Waals surface area contributed by atoms with E-state index in [4.69, 9.17) is 15.9 Å². The van der Waals surface area contributed by atoms with Crippen LogP contribution in [0.5, 0.6) is 5.75 Å². The first-order chi connectivity index (χ1) is 10.0. The van der Waals surface area contributed by atoms with Gasteiger partial charge in [0, 0.05) is 5.56 Å². The summed E-state index contributed by atoms with van der Waals surface area (Å²) in [4.78, 5) is 20.4. The Balaban J connectivity index is 0.000000235. The van der Waals surface area contributed by atoms with Crippen LogP contribution >= 0.6 is 0 Å². The fourth-order valence-corrected chi connectivity index (χ4v) is 1.50. The molecule has 0 aliphatic rings. The summed E-state index contributed by atoms with van der Waals surface area (Å²) in [5, 5.41) is 17.5. The van der Waals surface area contributed by atoms with Crippen molar-refractivity contribution in [3.8, 4) is 5.75 Å². The minimum atomic E-state index is -1.02. The highest BCUT2D eigenvalue weighted by Crippen LogP contribution is 2.10. The van der Waals surface area contributed by atoms with Gasteiger partial charge in [0.25, 0.3) is 0 Å². The van der Waals surface area contributed by atoms with E-state index in [9.17, 15) is 9.59 Å². The zero-order valence-electron chi connectivity index (χ0n) is 11.3. The number of phenolic OH excluding ortho intramolecular Hbond substituents is 1. The van der Waals surface area contributed by atoms with Crippen LogP contribution in [-0.2, 0) is 11.2 Å². The van der Waals surface area contributed by atoms with Crippen molar-refractivity contribution < 1.29 is 19.8 Å². The van der Waals surface area contributed by atoms with Crippen LogP contribution in [0.25, 0.3) is 0 Å². The van der Waals surface area contributed by atoms with Crippen LogP contribution in [0.15, 0.2) is 54.6 Å². The molecule has 4 N–H and O–H groups in total. The van der Waals surface area contributed by atoms with Crippen LogP contribution in [0.3, 0.4) is 0 Å². The zero-order chi connectivity index (χ0) is 15.7. The third-order valence-electron chi connectivity index (χ3n) is 2.64. The second-order valence-electron chi connectivity index (χ2n) is 4.34. The molecule has 0 bridgehead atoms. The molecule has 1 atom stereocenters. The Labute approximate surface area is 122 Å². The molecule has 5 nitrogen and oxygen atoms in total. The van der Waals surface area contributed by atoms with Gasteiger partial charge >= 0.3 is 5.97 Å². The quantitative estimate of drug-likeness (QED) is 0.745. The SMILES string of the molecule is N[C@@H](Cc1ccc(O)cc1)C(=O)O.O=Cc1ccccc1. The topological polar surface area (TPSA) is 101 Å². The predicted molar refractivity (Wildman–Crippen MR) is 79.3 cm³/mol. The molecule has 0 radical (unpaired) electrons. The Kier molecular flexibility index (Phi) is 6.63. The monoisotopic (exact) mass is 287 g/mol. The van der Waals surface area contributed by atoms with Crippen LogP contribution in [0.1, 0.15) is 15.9 Å². The highest BCUT2D eigenvalue weighted by atomic mass is 16.4. The molecule has 0 saturated heterocycles. The van der Waals surface area contributed by atoms with Crippen molar-refractivity contribution in [1.82, 2.24) is 0 Å². The third-order valence-corrected chi connectivity index (χ3v) is 2.64. The number of carboxylic acids is 1. The predicted octanol–water partition coefficient (Wildman–Crippen LogP) is 1.85. The van der Waals surface area contributed by atoms with E-state index in [2.05, 4.69) is 0 Å². The molecule has 0 aliphatic heterocycles. The summed E-state index contributed by atoms with van der Waals surface area (Å²) in [5.41, 5.74) is 6.85. The van der Waals surface area contributed by atoms with Gasteiger partial charge in [-0.2, -0.15) is 0 Å². The number of benzene rings is 2. The largest absolute Gasteiger partial charge is 0.508 e. The lowest BCUT2D eigenvalue weighted by Gasteiger charge is -2.05. The number of carboxylic acid groups (broad SMARTS) is 1. The molecule has 2 aromatic carbocycles. The van der Waals surface area contributed by atoms with Gasteiger partial charge in [0.1, 0.15) is 18.1 Å². The van der Waals surface area contributed by atoms with Crippen molar-refractivity contribution in [3.05, 3.63) is 65.7 Å². The van der Waals surface area contributed by atoms with E-state index < -0.39 is 12.0 Å². The number of hydrogen-bond donors (Lipinski definition) is 3. The zero-order valence-corrected chi connectivity index (χ0v) is 11.3. The second kappa shape index (κ2) is 8.50. The van der Waals surface area contributed by atoms with Gasteiger partial charge in [-0.25, -0.2) is 0 Å². The molecule has 110 valence electrons. The van der Waals surface area contributed by atoms with Gasteiger partial charge in [-0.05, 0) is 24.1 Å². The van der Waals surface area contributed by atoms with Crippen molar-refractivity contribution in [2.75, 3.05) is 0 Å². The van der Waals surface area contributed by atoms with Crippen molar-refractivity contribution in [3.63, 3.8) is 0 Å². The van der Waals surface area contributed by atoms with Crippen molar-refractivity contribution in [2.45, 2.75) is 12.5 Å². The number of rotatable bonds is 4. The van der Waals surface area contributed by atoms with Crippen LogP contribution in [0.4, 0.5) is 0 Å². The number of nitrogens with two attached hydrogens (primary N) is 1. The summed E-state index contributed by atoms with van der Waals surface area (Å²) in [6.07, 6.45) is 1.11. The van der Waals surface area contributed by atoms with Gasteiger partial charge < -0.3 is 15.9 Å². The molecule has 21 heavy (non-hydrogen) atoms. The summed E-state index contributed by atoms with van der Waals surface area (Å²) in [6.45, 7) is 0. The lowest BCUT2D eigenvalue weighted by atomic mass is 10.1. The van der Waals surface area contributed by atoms with E-state index in [0.717, 1.165) is 17.4 Å². The lowest BCUT2D eigenvalue weighted by molar-refractivity contribution is -0.138. The molecule has 0 aliphatic carbocycles. The summed E-state index contributed by atoms with van der Waals surface area (Å²) in [7, 11) is 0. The molecule has 2 aromatic rings. The standard InChI is InChI=1S/C9H11NO3.C7H6O/c10-8(9(12)13)5-6-1-3-7(11)4-2-6;8-6-7-4-2-1-3-5-7/h1-4,8,11H,5,10H2,(H,12,13);1-6H/t8-;/m0./s1. The molecule has 0 spiro atoms. The van der Waals surface area contributed by atoms with E-state index in [1.807, 2.05) is 18.2 Å². The molecule has 0 fully saturated rings. The maximum atomic E-state index is 10.4. The number of aldehydes is 1. The average Bonchev–Trinajstić information content (AvgIpc) is 2.51. The number of aliphatic carboxylic acids is 1. The molecule has 0 saturated carbocycles. The minimum Gasteiger partial charge on any atom is -0.508 e. The van der Waals surface area contributed by atoms with E-state index in [0.29, 0.717) is 0 Å². The van der Waals surface area contributed by atoms with Crippen molar-refractivity contribution in [2.24, 2.45) is 5.73 Å². The van der Waals surface area contributed by atoms with E-state index >= 15 is 0 Å². The molecular formula is C16H17NO4. The Morgan fingerprint density at radius 2 is 1.67 bits per heavy atom. The van der Waals surface area contributed by atoms with Gasteiger partial charge in [0.2, 0.25) is 0 Å². The maximum Gasteiger partial charge on any atom is 0.320 e. The van der Waals surface area contributed by atoms with Crippen LogP contribution in [0, 0.1) is 0 Å². The minimum absolute atomic E-state index is 0.160. The molecular weight excluding hydrogens is 270 g/mol. The van der Waals surface area contributed by atoms with E-state index in [1.54, 1.807) is 24.3 Å². The average molecular weight is 287 g/mol. The number of carbonyl (C=O) groups excluding carboxylic acids is 1. The third kappa shape index (κ3) is 6.35. The lowest BCUT2D eigenvalue weighted by Crippen LogP contribution is -2.32. The van der Waals surface area contributed by atoms with E-state index in [-0.39, 0.29) is 12.2 Å². The van der Waals surface area contributed by atoms with E-state index in [1.165, 1.54) is 12.1 Å². The highest BCUT2D eigenvalue weighted by Gasteiger charge is 2.11. The first-order valence-electron chi connectivity index (χ1n) is 6.29. The number of aromatic hydroxyl groups is 1. The van der Waals surface area contributed by atoms with Gasteiger partial charge in [0.05, 0.1) is 0 Å². The Morgan fingerprint density at radius 3 is 2.10 bits per heavy atom. The summed E-state index contributed by atoms with van der Waals surface area (Å²) >= 11 is 0. The highest BCUT2D eigenvalue weighted by molar-refractivity contribution is 5.74. The van der Waals surface area contributed by atoms with Gasteiger partial charge in [0.15, 0.2) is 0 Å². The van der Waals surface area contributed by atoms with Crippen molar-refractivity contribution in [1.29, 1.82) is 0 Å². The second-order valence-corrected chi connectivity index (χ2v) is 4.34. The number of phenols is 1. The Hall–Kier alpha value is -2.66. The summed E-state index contributed by atoms with van der Waals surface area (Å²) in [6, 6.07) is 14.5. The number of carbonyl (C=O) groups is 2. The molecule has 5 heteroatoms. The molecule has 0 heterocycles. The van der Waals surface area contributed by atoms with Crippen LogP contribution < -0.4 is 5.73 Å². The molecule has 0 unspecified atom stereocenters. The van der Waals surface area contributed by atoms with Crippen LogP contribution in [0.2, 0.25) is 0 Å². The van der Waals surface area contributed by atoms with Crippen molar-refractivity contribution >= 4 is 12.3 Å². The van der Waals surface area contributed by atoms with Crippen LogP contribution in [-0.4, -0.2) is 28.5 Å². The first-order valence-corrected chi connectivity index (χ1v) is 6.29. The first kappa shape index (κ1) is 16.4. The Morgan fingerprint density at radius 1 is 1.10 bits per heavy atom. The Bertz CT molecular complexity index is 567.